The Balaban J connectivity index is 1.95. The van der Waals surface area contributed by atoms with Gasteiger partial charge in [0.05, 0.1) is 11.9 Å². The van der Waals surface area contributed by atoms with Gasteiger partial charge in [0.25, 0.3) is 0 Å². The van der Waals surface area contributed by atoms with E-state index >= 15 is 0 Å². The van der Waals surface area contributed by atoms with Crippen molar-refractivity contribution in [1.29, 1.82) is 0 Å². The molecule has 1 aliphatic heterocycles. The monoisotopic (exact) mass is 181 g/mol. The number of fused-ring (bicyclic) bond motifs is 1. The summed E-state index contributed by atoms with van der Waals surface area (Å²) in [6, 6.07) is 1.15. The Morgan fingerprint density at radius 2 is 2.38 bits per heavy atom. The molecule has 0 saturated heterocycles. The highest BCUT2D eigenvalue weighted by atomic mass is 15.1. The zero-order valence-electron chi connectivity index (χ0n) is 8.29. The van der Waals surface area contributed by atoms with Crippen molar-refractivity contribution in [1.82, 2.24) is 5.32 Å². The fourth-order valence-corrected chi connectivity index (χ4v) is 2.41. The average Bonchev–Trinajstić information content (AvgIpc) is 2.58. The Labute approximate surface area is 79.8 Å². The molecule has 3 N–H and O–H groups in total. The standard InChI is InChI=1S/C10H19N3/c1-2-10-12-8-4-3-7(6-11)5-9(8)13-10/h7-9H,2-6,11H2,1H3,(H,12,13). The molecule has 0 aromatic heterocycles. The number of rotatable bonds is 2. The van der Waals surface area contributed by atoms with Gasteiger partial charge in [-0.15, -0.1) is 0 Å². The molecule has 0 radical (unpaired) electrons. The van der Waals surface area contributed by atoms with Crippen LogP contribution in [0.4, 0.5) is 0 Å². The van der Waals surface area contributed by atoms with E-state index in [1.165, 1.54) is 25.1 Å². The Hall–Kier alpha value is -0.570. The molecule has 2 aliphatic rings. The Morgan fingerprint density at radius 1 is 1.54 bits per heavy atom. The third kappa shape index (κ3) is 1.70. The average molecular weight is 181 g/mol. The van der Waals surface area contributed by atoms with Crippen LogP contribution in [-0.4, -0.2) is 24.5 Å². The first-order chi connectivity index (χ1) is 6.33. The van der Waals surface area contributed by atoms with Crippen molar-refractivity contribution in [3.8, 4) is 0 Å². The maximum absolute atomic E-state index is 5.69. The third-order valence-corrected chi connectivity index (χ3v) is 3.26. The summed E-state index contributed by atoms with van der Waals surface area (Å²) in [6.07, 6.45) is 4.75. The second kappa shape index (κ2) is 3.66. The molecule has 2 rings (SSSR count). The lowest BCUT2D eigenvalue weighted by molar-refractivity contribution is 0.294. The van der Waals surface area contributed by atoms with E-state index in [-0.39, 0.29) is 0 Å². The van der Waals surface area contributed by atoms with E-state index in [1.807, 2.05) is 0 Å². The summed E-state index contributed by atoms with van der Waals surface area (Å²) in [7, 11) is 0. The number of nitrogens with two attached hydrogens (primary N) is 1. The van der Waals surface area contributed by atoms with Gasteiger partial charge in [-0.05, 0) is 31.7 Å². The Kier molecular flexibility index (Phi) is 2.54. The minimum Gasteiger partial charge on any atom is -0.369 e. The molecule has 3 atom stereocenters. The highest BCUT2D eigenvalue weighted by Gasteiger charge is 2.33. The van der Waals surface area contributed by atoms with Crippen LogP contribution in [0.1, 0.15) is 32.6 Å². The van der Waals surface area contributed by atoms with Crippen molar-refractivity contribution >= 4 is 5.84 Å². The predicted molar refractivity (Wildman–Crippen MR) is 54.8 cm³/mol. The molecule has 0 aromatic rings. The van der Waals surface area contributed by atoms with Crippen molar-refractivity contribution in [2.45, 2.75) is 44.7 Å². The van der Waals surface area contributed by atoms with Crippen molar-refractivity contribution in [2.75, 3.05) is 6.54 Å². The molecule has 74 valence electrons. The minimum atomic E-state index is 0.553. The molecule has 1 saturated carbocycles. The topological polar surface area (TPSA) is 50.4 Å². The van der Waals surface area contributed by atoms with Gasteiger partial charge >= 0.3 is 0 Å². The van der Waals surface area contributed by atoms with Crippen molar-refractivity contribution < 1.29 is 0 Å². The van der Waals surface area contributed by atoms with Gasteiger partial charge in [-0.3, -0.25) is 4.99 Å². The summed E-state index contributed by atoms with van der Waals surface area (Å²) in [5.41, 5.74) is 5.69. The van der Waals surface area contributed by atoms with E-state index in [1.54, 1.807) is 0 Å². The van der Waals surface area contributed by atoms with E-state index < -0.39 is 0 Å². The van der Waals surface area contributed by atoms with Gasteiger partial charge in [0.2, 0.25) is 0 Å². The normalized spacial score (nSPS) is 38.0. The van der Waals surface area contributed by atoms with Gasteiger partial charge < -0.3 is 11.1 Å². The van der Waals surface area contributed by atoms with E-state index in [9.17, 15) is 0 Å². The second-order valence-corrected chi connectivity index (χ2v) is 4.16. The molecule has 0 aromatic carbocycles. The molecule has 0 spiro atoms. The molecule has 1 fully saturated rings. The molecule has 3 unspecified atom stereocenters. The van der Waals surface area contributed by atoms with E-state index in [2.05, 4.69) is 17.2 Å². The maximum atomic E-state index is 5.69. The van der Waals surface area contributed by atoms with Gasteiger partial charge in [-0.1, -0.05) is 6.92 Å². The van der Waals surface area contributed by atoms with Crippen LogP contribution in [0.25, 0.3) is 0 Å². The molecular formula is C10H19N3. The molecule has 3 heteroatoms. The third-order valence-electron chi connectivity index (χ3n) is 3.26. The summed E-state index contributed by atoms with van der Waals surface area (Å²) in [5, 5.41) is 3.50. The molecule has 0 amide bonds. The summed E-state index contributed by atoms with van der Waals surface area (Å²) in [5.74, 6) is 1.92. The lowest BCUT2D eigenvalue weighted by Gasteiger charge is -2.29. The molecule has 3 nitrogen and oxygen atoms in total. The first-order valence-corrected chi connectivity index (χ1v) is 5.36. The van der Waals surface area contributed by atoms with Crippen LogP contribution in [0.3, 0.4) is 0 Å². The zero-order chi connectivity index (χ0) is 9.26. The molecule has 1 heterocycles. The van der Waals surface area contributed by atoms with Crippen LogP contribution >= 0.6 is 0 Å². The SMILES string of the molecule is CCC1=NC2CCC(CN)CC2N1. The predicted octanol–water partition coefficient (Wildman–Crippen LogP) is 0.894. The first-order valence-electron chi connectivity index (χ1n) is 5.36. The number of hydrogen-bond acceptors (Lipinski definition) is 3. The van der Waals surface area contributed by atoms with Gasteiger partial charge in [0, 0.05) is 12.5 Å². The maximum Gasteiger partial charge on any atom is 0.0967 e. The van der Waals surface area contributed by atoms with Crippen molar-refractivity contribution in [2.24, 2.45) is 16.6 Å². The fourth-order valence-electron chi connectivity index (χ4n) is 2.41. The molecular weight excluding hydrogens is 162 g/mol. The van der Waals surface area contributed by atoms with Gasteiger partial charge in [0.1, 0.15) is 0 Å². The van der Waals surface area contributed by atoms with E-state index in [4.69, 9.17) is 5.73 Å². The van der Waals surface area contributed by atoms with Crippen LogP contribution in [0.5, 0.6) is 0 Å². The number of aliphatic imine (C=N–C) groups is 1. The van der Waals surface area contributed by atoms with Crippen LogP contribution in [0.2, 0.25) is 0 Å². The molecule has 0 bridgehead atoms. The lowest BCUT2D eigenvalue weighted by atomic mass is 9.83. The summed E-state index contributed by atoms with van der Waals surface area (Å²) in [6.45, 7) is 3.00. The zero-order valence-corrected chi connectivity index (χ0v) is 8.29. The van der Waals surface area contributed by atoms with Crippen LogP contribution < -0.4 is 11.1 Å². The first kappa shape index (κ1) is 9.00. The summed E-state index contributed by atoms with van der Waals surface area (Å²) in [4.78, 5) is 4.66. The van der Waals surface area contributed by atoms with Crippen LogP contribution in [-0.2, 0) is 0 Å². The van der Waals surface area contributed by atoms with Crippen LogP contribution in [0.15, 0.2) is 4.99 Å². The number of amidine groups is 1. The van der Waals surface area contributed by atoms with Crippen molar-refractivity contribution in [3.63, 3.8) is 0 Å². The van der Waals surface area contributed by atoms with Crippen molar-refractivity contribution in [3.05, 3.63) is 0 Å². The fraction of sp³-hybridized carbons (Fsp3) is 0.900. The van der Waals surface area contributed by atoms with Gasteiger partial charge in [-0.2, -0.15) is 0 Å². The van der Waals surface area contributed by atoms with Crippen LogP contribution in [0, 0.1) is 5.92 Å². The van der Waals surface area contributed by atoms with E-state index in [0.29, 0.717) is 12.1 Å². The Morgan fingerprint density at radius 3 is 3.08 bits per heavy atom. The number of nitrogens with one attached hydrogen (secondary N) is 1. The van der Waals surface area contributed by atoms with Gasteiger partial charge in [0.15, 0.2) is 0 Å². The second-order valence-electron chi connectivity index (χ2n) is 4.16. The largest absolute Gasteiger partial charge is 0.369 e. The summed E-state index contributed by atoms with van der Waals surface area (Å²) >= 11 is 0. The molecule has 1 aliphatic carbocycles. The molecule has 13 heavy (non-hydrogen) atoms. The number of hydrogen-bond donors (Lipinski definition) is 2. The minimum absolute atomic E-state index is 0.553. The highest BCUT2D eigenvalue weighted by molar-refractivity contribution is 5.84. The quantitative estimate of drug-likeness (QED) is 0.665. The number of nitrogens with zero attached hydrogens (tertiary/aromatic N) is 1. The highest BCUT2D eigenvalue weighted by Crippen LogP contribution is 2.28. The Bertz CT molecular complexity index is 212. The lowest BCUT2D eigenvalue weighted by Crippen LogP contribution is -2.41. The smallest absolute Gasteiger partial charge is 0.0967 e. The summed E-state index contributed by atoms with van der Waals surface area (Å²) < 4.78 is 0. The van der Waals surface area contributed by atoms with Gasteiger partial charge in [-0.25, -0.2) is 0 Å². The van der Waals surface area contributed by atoms with E-state index in [0.717, 1.165) is 18.9 Å².